The molecule has 2 bridgehead atoms. The van der Waals surface area contributed by atoms with Crippen LogP contribution in [-0.2, 0) is 27.9 Å². The van der Waals surface area contributed by atoms with Gasteiger partial charge in [0.05, 0.1) is 42.5 Å². The number of furan rings is 1. The van der Waals surface area contributed by atoms with Crippen LogP contribution in [0.2, 0.25) is 0 Å². The molecule has 0 radical (unpaired) electrons. The number of amides is 2. The minimum atomic E-state index is -1.05. The van der Waals surface area contributed by atoms with Crippen LogP contribution in [0.1, 0.15) is 29.1 Å². The number of aryl methyl sites for hydroxylation is 1. The third kappa shape index (κ3) is 3.26. The normalized spacial score (nSPS) is 25.6. The van der Waals surface area contributed by atoms with Crippen LogP contribution in [0.4, 0.5) is 5.69 Å². The molecule has 2 amide bonds. The lowest BCUT2D eigenvalue weighted by Gasteiger charge is -2.23. The first-order valence-corrected chi connectivity index (χ1v) is 8.97. The minimum absolute atomic E-state index is 0.0401. The van der Waals surface area contributed by atoms with E-state index >= 15 is 0 Å². The van der Waals surface area contributed by atoms with Crippen molar-refractivity contribution in [2.24, 2.45) is 18.9 Å². The summed E-state index contributed by atoms with van der Waals surface area (Å²) in [7, 11) is 1.62. The molecule has 0 spiro atoms. The molecule has 2 aliphatic rings. The summed E-state index contributed by atoms with van der Waals surface area (Å²) in [6.07, 6.45) is 3.44. The van der Waals surface area contributed by atoms with Gasteiger partial charge in [-0.05, 0) is 25.0 Å². The van der Waals surface area contributed by atoms with E-state index in [2.05, 4.69) is 15.7 Å². The molecule has 0 unspecified atom stereocenters. The maximum Gasteiger partial charge on any atom is 0.310 e. The van der Waals surface area contributed by atoms with Crippen molar-refractivity contribution in [3.05, 3.63) is 36.0 Å². The molecule has 2 aromatic rings. The maximum atomic E-state index is 12.8. The van der Waals surface area contributed by atoms with Gasteiger partial charge in [0.1, 0.15) is 5.76 Å². The zero-order valence-corrected chi connectivity index (χ0v) is 15.1. The van der Waals surface area contributed by atoms with Gasteiger partial charge >= 0.3 is 5.97 Å². The van der Waals surface area contributed by atoms with Gasteiger partial charge in [0.2, 0.25) is 5.91 Å². The van der Waals surface area contributed by atoms with Gasteiger partial charge in [-0.25, -0.2) is 0 Å². The van der Waals surface area contributed by atoms with Crippen LogP contribution in [0, 0.1) is 11.8 Å². The highest BCUT2D eigenvalue weighted by atomic mass is 16.5. The second-order valence-corrected chi connectivity index (χ2v) is 7.00. The number of ether oxygens (including phenoxy) is 1. The Bertz CT molecular complexity index is 905. The van der Waals surface area contributed by atoms with Crippen LogP contribution < -0.4 is 10.6 Å². The van der Waals surface area contributed by atoms with Crippen molar-refractivity contribution >= 4 is 23.5 Å². The summed E-state index contributed by atoms with van der Waals surface area (Å²) in [5.41, 5.74) is 0.259. The minimum Gasteiger partial charge on any atom is -0.481 e. The number of hydrogen-bond donors (Lipinski definition) is 3. The number of nitrogens with one attached hydrogen (secondary N) is 2. The smallest absolute Gasteiger partial charge is 0.310 e. The largest absolute Gasteiger partial charge is 0.481 e. The van der Waals surface area contributed by atoms with E-state index in [1.165, 1.54) is 17.1 Å². The Morgan fingerprint density at radius 3 is 2.71 bits per heavy atom. The Morgan fingerprint density at radius 1 is 1.29 bits per heavy atom. The molecule has 148 valence electrons. The van der Waals surface area contributed by atoms with E-state index in [1.807, 2.05) is 0 Å². The topological polar surface area (TPSA) is 136 Å². The number of fused-ring (bicyclic) bond motifs is 2. The molecule has 4 atom stereocenters. The molecule has 10 heteroatoms. The molecule has 0 aromatic carbocycles. The van der Waals surface area contributed by atoms with Crippen molar-refractivity contribution in [2.75, 3.05) is 5.32 Å². The SMILES string of the molecule is Cn1cc(NC(=O)[C@H]2[C@@H](C(=O)O)[C@@H]3CC[C@@H]2O3)c(C(=O)NCc2ccco2)n1. The summed E-state index contributed by atoms with van der Waals surface area (Å²) in [6.45, 7) is 0.178. The van der Waals surface area contributed by atoms with Gasteiger partial charge in [-0.3, -0.25) is 19.1 Å². The Kier molecular flexibility index (Phi) is 4.63. The van der Waals surface area contributed by atoms with Gasteiger partial charge in [-0.1, -0.05) is 0 Å². The number of carboxylic acids is 1. The fourth-order valence-corrected chi connectivity index (χ4v) is 3.95. The maximum absolute atomic E-state index is 12.8. The number of carbonyl (C=O) groups is 3. The molecule has 4 heterocycles. The number of nitrogens with zero attached hydrogens (tertiary/aromatic N) is 2. The van der Waals surface area contributed by atoms with Gasteiger partial charge < -0.3 is 24.9 Å². The molecule has 2 aliphatic heterocycles. The average Bonchev–Trinajstić information content (AvgIpc) is 3.43. The predicted molar refractivity (Wildman–Crippen MR) is 94.2 cm³/mol. The molecule has 2 aromatic heterocycles. The van der Waals surface area contributed by atoms with Crippen LogP contribution in [0.25, 0.3) is 0 Å². The van der Waals surface area contributed by atoms with E-state index in [-0.39, 0.29) is 17.9 Å². The summed E-state index contributed by atoms with van der Waals surface area (Å²) in [5.74, 6) is -3.10. The molecule has 28 heavy (non-hydrogen) atoms. The molecule has 3 N–H and O–H groups in total. The first-order valence-electron chi connectivity index (χ1n) is 8.97. The highest BCUT2D eigenvalue weighted by molar-refractivity contribution is 6.03. The fraction of sp³-hybridized carbons (Fsp3) is 0.444. The van der Waals surface area contributed by atoms with Crippen molar-refractivity contribution in [1.82, 2.24) is 15.1 Å². The highest BCUT2D eigenvalue weighted by Crippen LogP contribution is 2.44. The van der Waals surface area contributed by atoms with Crippen LogP contribution in [-0.4, -0.2) is 44.9 Å². The summed E-state index contributed by atoms with van der Waals surface area (Å²) in [6, 6.07) is 3.44. The lowest BCUT2D eigenvalue weighted by molar-refractivity contribution is -0.147. The summed E-state index contributed by atoms with van der Waals surface area (Å²) in [5, 5.41) is 18.9. The number of anilines is 1. The molecule has 2 fully saturated rings. The van der Waals surface area contributed by atoms with E-state index < -0.39 is 41.8 Å². The van der Waals surface area contributed by atoms with Crippen molar-refractivity contribution in [2.45, 2.75) is 31.6 Å². The highest BCUT2D eigenvalue weighted by Gasteiger charge is 2.55. The quantitative estimate of drug-likeness (QED) is 0.665. The van der Waals surface area contributed by atoms with Crippen LogP contribution >= 0.6 is 0 Å². The van der Waals surface area contributed by atoms with Crippen LogP contribution in [0.3, 0.4) is 0 Å². The zero-order chi connectivity index (χ0) is 19.8. The molecule has 0 aliphatic carbocycles. The number of rotatable bonds is 6. The Hall–Kier alpha value is -3.14. The Balaban J connectivity index is 1.48. The lowest BCUT2D eigenvalue weighted by atomic mass is 9.78. The molecule has 2 saturated heterocycles. The first kappa shape index (κ1) is 18.2. The number of aliphatic carboxylic acids is 1. The van der Waals surface area contributed by atoms with E-state index in [1.54, 1.807) is 19.2 Å². The zero-order valence-electron chi connectivity index (χ0n) is 15.1. The van der Waals surface area contributed by atoms with E-state index in [0.29, 0.717) is 18.6 Å². The third-order valence-electron chi connectivity index (χ3n) is 5.17. The van der Waals surface area contributed by atoms with Gasteiger partial charge in [0.25, 0.3) is 5.91 Å². The van der Waals surface area contributed by atoms with E-state index in [0.717, 1.165) is 0 Å². The van der Waals surface area contributed by atoms with Crippen molar-refractivity contribution in [3.63, 3.8) is 0 Å². The molecular formula is C18H20N4O6. The van der Waals surface area contributed by atoms with Crippen LogP contribution in [0.5, 0.6) is 0 Å². The summed E-state index contributed by atoms with van der Waals surface area (Å²) in [4.78, 5) is 36.9. The molecule has 10 nitrogen and oxygen atoms in total. The molecule has 0 saturated carbocycles. The number of aromatic nitrogens is 2. The van der Waals surface area contributed by atoms with Gasteiger partial charge in [-0.15, -0.1) is 0 Å². The molecule has 4 rings (SSSR count). The summed E-state index contributed by atoms with van der Waals surface area (Å²) < 4.78 is 12.2. The summed E-state index contributed by atoms with van der Waals surface area (Å²) >= 11 is 0. The van der Waals surface area contributed by atoms with Gasteiger partial charge in [0.15, 0.2) is 5.69 Å². The number of hydrogen-bond acceptors (Lipinski definition) is 6. The van der Waals surface area contributed by atoms with Gasteiger partial charge in [0, 0.05) is 13.2 Å². The van der Waals surface area contributed by atoms with Crippen molar-refractivity contribution in [1.29, 1.82) is 0 Å². The predicted octanol–water partition coefficient (Wildman–Crippen LogP) is 0.760. The second kappa shape index (κ2) is 7.12. The van der Waals surface area contributed by atoms with E-state index in [4.69, 9.17) is 9.15 Å². The second-order valence-electron chi connectivity index (χ2n) is 7.00. The van der Waals surface area contributed by atoms with Gasteiger partial charge in [-0.2, -0.15) is 5.10 Å². The fourth-order valence-electron chi connectivity index (χ4n) is 3.95. The Labute approximate surface area is 159 Å². The van der Waals surface area contributed by atoms with E-state index in [9.17, 15) is 19.5 Å². The lowest BCUT2D eigenvalue weighted by Crippen LogP contribution is -2.41. The number of carboxylic acid groups (broad SMARTS) is 1. The third-order valence-corrected chi connectivity index (χ3v) is 5.17. The van der Waals surface area contributed by atoms with Crippen LogP contribution in [0.15, 0.2) is 29.0 Å². The Morgan fingerprint density at radius 2 is 2.04 bits per heavy atom. The number of carbonyl (C=O) groups excluding carboxylic acids is 2. The average molecular weight is 388 g/mol. The first-order chi connectivity index (χ1) is 13.4. The molecular weight excluding hydrogens is 368 g/mol. The monoisotopic (exact) mass is 388 g/mol. The standard InChI is InChI=1S/C18H20N4O6/c1-22-8-10(15(21-22)17(24)19-7-9-3-2-6-27-9)20-16(23)13-11-4-5-12(28-11)14(13)18(25)26/h2-3,6,8,11-14H,4-5,7H2,1H3,(H,19,24)(H,20,23)(H,25,26)/t11-,12-,13+,14-/m0/s1. The van der Waals surface area contributed by atoms with Crippen molar-refractivity contribution in [3.8, 4) is 0 Å². The van der Waals surface area contributed by atoms with Crippen molar-refractivity contribution < 1.29 is 28.6 Å².